The van der Waals surface area contributed by atoms with Crippen LogP contribution in [0.25, 0.3) is 22.5 Å². The molecule has 0 fully saturated rings. The molecule has 4 rings (SSSR count). The highest BCUT2D eigenvalue weighted by Crippen LogP contribution is 2.39. The van der Waals surface area contributed by atoms with Crippen molar-refractivity contribution in [3.8, 4) is 22.5 Å². The number of methoxy groups -OCH3 is 1. The van der Waals surface area contributed by atoms with Gasteiger partial charge in [-0.25, -0.2) is 0 Å². The zero-order valence-electron chi connectivity index (χ0n) is 15.7. The van der Waals surface area contributed by atoms with Crippen LogP contribution in [0, 0.1) is 0 Å². The minimum Gasteiger partial charge on any atom is -0.376 e. The first kappa shape index (κ1) is 18.9. The topological polar surface area (TPSA) is 50.8 Å². The number of hydrogen-bond donors (Lipinski definition) is 1. The van der Waals surface area contributed by atoms with Crippen molar-refractivity contribution in [3.05, 3.63) is 59.7 Å². The van der Waals surface area contributed by atoms with E-state index in [9.17, 15) is 0 Å². The van der Waals surface area contributed by atoms with Crippen molar-refractivity contribution < 1.29 is 4.74 Å². The van der Waals surface area contributed by atoms with E-state index < -0.39 is 0 Å². The molecule has 0 radical (unpaired) electrons. The number of aromatic amines is 1. The molecule has 25 heavy (non-hydrogen) atoms. The van der Waals surface area contributed by atoms with Crippen LogP contribution in [0.15, 0.2) is 48.5 Å². The Kier molecular flexibility index (Phi) is 6.90. The van der Waals surface area contributed by atoms with Gasteiger partial charge < -0.3 is 4.74 Å². The van der Waals surface area contributed by atoms with Crippen molar-refractivity contribution in [2.75, 3.05) is 7.11 Å². The Morgan fingerprint density at radius 3 is 2.08 bits per heavy atom. The molecule has 1 unspecified atom stereocenters. The third-order valence-electron chi connectivity index (χ3n) is 4.07. The van der Waals surface area contributed by atoms with Gasteiger partial charge in [0.05, 0.1) is 6.10 Å². The van der Waals surface area contributed by atoms with E-state index >= 15 is 0 Å². The van der Waals surface area contributed by atoms with Crippen LogP contribution < -0.4 is 0 Å². The van der Waals surface area contributed by atoms with E-state index in [0.717, 1.165) is 34.5 Å². The molecular weight excluding hydrogens is 310 g/mol. The minimum absolute atomic E-state index is 0.0206. The summed E-state index contributed by atoms with van der Waals surface area (Å²) >= 11 is 0. The molecule has 4 nitrogen and oxygen atoms in total. The first-order chi connectivity index (χ1) is 12.4. The molecule has 4 heteroatoms. The standard InChI is InChI=1S/C17H15N3O.2C2H6/c1-21-15-10-11-6-2-3-7-12(11)16-17(19-20-18-16)14-9-5-4-8-13(14)15;2*1-2/h2-9,15H,10H2,1H3,(H,18,19,20);2*1-2H3. The van der Waals surface area contributed by atoms with Crippen LogP contribution in [0.4, 0.5) is 0 Å². The molecule has 0 bridgehead atoms. The molecule has 0 saturated heterocycles. The highest BCUT2D eigenvalue weighted by molar-refractivity contribution is 5.81. The Morgan fingerprint density at radius 2 is 1.40 bits per heavy atom. The summed E-state index contributed by atoms with van der Waals surface area (Å²) in [6.45, 7) is 8.00. The van der Waals surface area contributed by atoms with Gasteiger partial charge in [0.2, 0.25) is 0 Å². The second kappa shape index (κ2) is 9.14. The van der Waals surface area contributed by atoms with E-state index in [1.54, 1.807) is 7.11 Å². The molecular formula is C21H27N3O. The molecule has 1 atom stereocenters. The first-order valence-electron chi connectivity index (χ1n) is 8.99. The van der Waals surface area contributed by atoms with Crippen LogP contribution in [-0.4, -0.2) is 22.5 Å². The number of rotatable bonds is 1. The van der Waals surface area contributed by atoms with Crippen molar-refractivity contribution in [2.45, 2.75) is 40.2 Å². The molecule has 132 valence electrons. The number of benzene rings is 2. The Hall–Kier alpha value is -2.46. The van der Waals surface area contributed by atoms with E-state index in [1.807, 2.05) is 45.9 Å². The molecule has 0 amide bonds. The van der Waals surface area contributed by atoms with Crippen molar-refractivity contribution in [3.63, 3.8) is 0 Å². The highest BCUT2D eigenvalue weighted by atomic mass is 16.5. The van der Waals surface area contributed by atoms with Gasteiger partial charge in [0.15, 0.2) is 0 Å². The summed E-state index contributed by atoms with van der Waals surface area (Å²) < 4.78 is 5.74. The Balaban J connectivity index is 0.000000528. The lowest BCUT2D eigenvalue weighted by molar-refractivity contribution is 0.104. The van der Waals surface area contributed by atoms with E-state index in [4.69, 9.17) is 4.74 Å². The van der Waals surface area contributed by atoms with Crippen LogP contribution in [-0.2, 0) is 11.2 Å². The summed E-state index contributed by atoms with van der Waals surface area (Å²) in [4.78, 5) is 0. The molecule has 1 aromatic heterocycles. The highest BCUT2D eigenvalue weighted by Gasteiger charge is 2.25. The third kappa shape index (κ3) is 3.64. The van der Waals surface area contributed by atoms with E-state index in [2.05, 4.69) is 45.7 Å². The lowest BCUT2D eigenvalue weighted by Gasteiger charge is -2.22. The average molecular weight is 337 g/mol. The number of hydrogen-bond acceptors (Lipinski definition) is 3. The summed E-state index contributed by atoms with van der Waals surface area (Å²) in [5.41, 5.74) is 6.39. The first-order valence-corrected chi connectivity index (χ1v) is 8.99. The van der Waals surface area contributed by atoms with Crippen molar-refractivity contribution in [1.29, 1.82) is 0 Å². The second-order valence-corrected chi connectivity index (χ2v) is 5.19. The minimum atomic E-state index is 0.0206. The summed E-state index contributed by atoms with van der Waals surface area (Å²) in [5.74, 6) is 0. The number of H-pyrrole nitrogens is 1. The summed E-state index contributed by atoms with van der Waals surface area (Å²) in [6.07, 6.45) is 0.850. The number of aromatic nitrogens is 3. The van der Waals surface area contributed by atoms with Gasteiger partial charge >= 0.3 is 0 Å². The van der Waals surface area contributed by atoms with Crippen LogP contribution in [0.2, 0.25) is 0 Å². The Morgan fingerprint density at radius 1 is 0.840 bits per heavy atom. The molecule has 1 N–H and O–H groups in total. The molecule has 0 aliphatic heterocycles. The maximum Gasteiger partial charge on any atom is 0.121 e. The van der Waals surface area contributed by atoms with Gasteiger partial charge in [-0.15, -0.1) is 0 Å². The maximum absolute atomic E-state index is 5.74. The Labute approximate surface area is 150 Å². The van der Waals surface area contributed by atoms with Gasteiger partial charge in [-0.2, -0.15) is 15.4 Å². The smallest absolute Gasteiger partial charge is 0.121 e. The maximum atomic E-state index is 5.74. The van der Waals surface area contributed by atoms with Crippen molar-refractivity contribution in [1.82, 2.24) is 15.4 Å². The van der Waals surface area contributed by atoms with Gasteiger partial charge in [-0.1, -0.05) is 76.2 Å². The fourth-order valence-corrected chi connectivity index (χ4v) is 3.05. The third-order valence-corrected chi connectivity index (χ3v) is 4.07. The molecule has 1 aliphatic carbocycles. The van der Waals surface area contributed by atoms with Crippen molar-refractivity contribution >= 4 is 0 Å². The van der Waals surface area contributed by atoms with Crippen LogP contribution in [0.3, 0.4) is 0 Å². The van der Waals surface area contributed by atoms with E-state index in [-0.39, 0.29) is 6.10 Å². The number of nitrogens with zero attached hydrogens (tertiary/aromatic N) is 2. The van der Waals surface area contributed by atoms with Crippen LogP contribution in [0.5, 0.6) is 0 Å². The van der Waals surface area contributed by atoms with E-state index in [1.165, 1.54) is 5.56 Å². The van der Waals surface area contributed by atoms with Gasteiger partial charge in [-0.05, 0) is 11.1 Å². The summed E-state index contributed by atoms with van der Waals surface area (Å²) in [5, 5.41) is 11.5. The van der Waals surface area contributed by atoms with Crippen LogP contribution in [0.1, 0.15) is 44.9 Å². The van der Waals surface area contributed by atoms with Crippen molar-refractivity contribution in [2.24, 2.45) is 0 Å². The lowest BCUT2D eigenvalue weighted by Crippen LogP contribution is -2.10. The molecule has 2 aromatic carbocycles. The second-order valence-electron chi connectivity index (χ2n) is 5.19. The van der Waals surface area contributed by atoms with Crippen LogP contribution >= 0.6 is 0 Å². The number of nitrogens with one attached hydrogen (secondary N) is 1. The molecule has 0 spiro atoms. The zero-order valence-corrected chi connectivity index (χ0v) is 15.7. The predicted octanol–water partition coefficient (Wildman–Crippen LogP) is 5.43. The normalized spacial score (nSPS) is 14.2. The predicted molar refractivity (Wildman–Crippen MR) is 103 cm³/mol. The van der Waals surface area contributed by atoms with Gasteiger partial charge in [0, 0.05) is 24.7 Å². The average Bonchev–Trinajstić information content (AvgIpc) is 3.17. The quantitative estimate of drug-likeness (QED) is 0.643. The fraction of sp³-hybridized carbons (Fsp3) is 0.333. The molecule has 1 heterocycles. The zero-order chi connectivity index (χ0) is 18.2. The summed E-state index contributed by atoms with van der Waals surface area (Å²) in [6, 6.07) is 16.6. The number of fused-ring (bicyclic) bond motifs is 5. The monoisotopic (exact) mass is 337 g/mol. The fourth-order valence-electron chi connectivity index (χ4n) is 3.05. The van der Waals surface area contributed by atoms with Gasteiger partial charge in [0.1, 0.15) is 11.4 Å². The molecule has 1 aliphatic rings. The summed E-state index contributed by atoms with van der Waals surface area (Å²) in [7, 11) is 1.76. The largest absolute Gasteiger partial charge is 0.376 e. The van der Waals surface area contributed by atoms with Gasteiger partial charge in [0.25, 0.3) is 0 Å². The molecule has 0 saturated carbocycles. The molecule has 3 aromatic rings. The lowest BCUT2D eigenvalue weighted by atomic mass is 9.88. The van der Waals surface area contributed by atoms with E-state index in [0.29, 0.717) is 0 Å². The Bertz CT molecular complexity index is 795. The SMILES string of the molecule is CC.CC.COC1Cc2ccccc2-c2n[nH]nc2-c2ccccc21. The number of ether oxygens (including phenoxy) is 1. The van der Waals surface area contributed by atoms with Gasteiger partial charge in [-0.3, -0.25) is 0 Å².